The predicted molar refractivity (Wildman–Crippen MR) is 315 cm³/mol. The van der Waals surface area contributed by atoms with Crippen LogP contribution < -0.4 is 111 Å². The van der Waals surface area contributed by atoms with E-state index in [-0.39, 0.29) is 127 Å². The summed E-state index contributed by atoms with van der Waals surface area (Å²) in [6.45, 7) is 6.07. The fourth-order valence-corrected chi connectivity index (χ4v) is 7.93. The van der Waals surface area contributed by atoms with Gasteiger partial charge in [0.15, 0.2) is 23.8 Å². The van der Waals surface area contributed by atoms with E-state index in [1.807, 2.05) is 0 Å². The van der Waals surface area contributed by atoms with Crippen LogP contribution in [0.5, 0.6) is 0 Å². The second-order valence-electron chi connectivity index (χ2n) is 19.8. The topological polar surface area (TPSA) is 635 Å². The SMILES string of the molecule is CC[C@H](NC(=O)[C@H](CCCN=C(N)N)NC(=O)[C@H](C)NC(=O)[C@H](CCCN=C(N)N)NC(C)=O)C(=O)N[C@@H](CCCN=C(N)N)C(=O)N[C@@H](CCCCN)C(=O)N[C@@H](CCCCN)C(=O)N[C@@H](CCCN=C(N)N)C(=O)N[C@H](C(N)=O)[C@@H](C)O. The molecule has 0 aliphatic heterocycles. The van der Waals surface area contributed by atoms with E-state index in [0.717, 1.165) is 0 Å². The molecule has 0 aliphatic rings. The normalized spacial score (nSPS) is 14.4. The number of nitrogens with zero attached hydrogens (tertiary/aromatic N) is 4. The highest BCUT2D eigenvalue weighted by Gasteiger charge is 2.35. The van der Waals surface area contributed by atoms with Crippen LogP contribution in [0.2, 0.25) is 0 Å². The number of amides is 10. The number of primary amides is 1. The van der Waals surface area contributed by atoms with E-state index in [9.17, 15) is 53.1 Å². The average Bonchev–Trinajstić information content (AvgIpc) is 3.50. The Hall–Kier alpha value is -8.34. The average molecular weight is 1200 g/mol. The largest absolute Gasteiger partial charge is 0.391 e. The number of nitrogens with one attached hydrogen (secondary N) is 9. The summed E-state index contributed by atoms with van der Waals surface area (Å²) in [5.41, 5.74) is 60.6. The number of guanidine groups is 4. The maximum absolute atomic E-state index is 14.4. The second kappa shape index (κ2) is 42.5. The number of nitrogens with two attached hydrogens (primary N) is 11. The Morgan fingerprint density at radius 1 is 0.369 bits per heavy atom. The third-order valence-electron chi connectivity index (χ3n) is 12.4. The van der Waals surface area contributed by atoms with E-state index >= 15 is 0 Å². The summed E-state index contributed by atoms with van der Waals surface area (Å²) in [4.78, 5) is 151. The molecule has 84 heavy (non-hydrogen) atoms. The van der Waals surface area contributed by atoms with Crippen LogP contribution >= 0.6 is 0 Å². The maximum Gasteiger partial charge on any atom is 0.243 e. The lowest BCUT2D eigenvalue weighted by molar-refractivity contribution is -0.136. The first-order valence-electron chi connectivity index (χ1n) is 27.9. The van der Waals surface area contributed by atoms with Gasteiger partial charge in [-0.25, -0.2) is 0 Å². The minimum Gasteiger partial charge on any atom is -0.391 e. The van der Waals surface area contributed by atoms with Crippen molar-refractivity contribution in [3.05, 3.63) is 0 Å². The molecule has 10 atom stereocenters. The summed E-state index contributed by atoms with van der Waals surface area (Å²) in [7, 11) is 0. The van der Waals surface area contributed by atoms with Crippen molar-refractivity contribution >= 4 is 82.9 Å². The molecule has 35 nitrogen and oxygen atoms in total. The van der Waals surface area contributed by atoms with E-state index in [2.05, 4.69) is 67.8 Å². The molecule has 0 aromatic carbocycles. The highest BCUT2D eigenvalue weighted by molar-refractivity contribution is 5.98. The molecule has 0 bridgehead atoms. The molecule has 0 rings (SSSR count). The van der Waals surface area contributed by atoms with Crippen molar-refractivity contribution in [2.45, 2.75) is 184 Å². The molecule has 0 heterocycles. The number of carbonyl (C=O) groups excluding carboxylic acids is 10. The number of hydrogen-bond donors (Lipinski definition) is 21. The van der Waals surface area contributed by atoms with Crippen LogP contribution in [0.15, 0.2) is 20.0 Å². The first-order valence-corrected chi connectivity index (χ1v) is 27.9. The van der Waals surface area contributed by atoms with Gasteiger partial charge in [-0.1, -0.05) is 6.92 Å². The molecule has 10 amide bonds. The van der Waals surface area contributed by atoms with Gasteiger partial charge in [0.25, 0.3) is 0 Å². The molecular formula is C49H96N24O11. The highest BCUT2D eigenvalue weighted by atomic mass is 16.3. The van der Waals surface area contributed by atoms with Crippen LogP contribution in [-0.2, 0) is 47.9 Å². The fraction of sp³-hybridized carbons (Fsp3) is 0.714. The monoisotopic (exact) mass is 1200 g/mol. The predicted octanol–water partition coefficient (Wildman–Crippen LogP) is -8.86. The molecule has 0 aliphatic carbocycles. The van der Waals surface area contributed by atoms with Gasteiger partial charge < -0.3 is 116 Å². The molecule has 478 valence electrons. The summed E-state index contributed by atoms with van der Waals surface area (Å²) in [5.74, 6) is -9.06. The molecule has 0 aromatic rings. The Labute approximate surface area is 489 Å². The van der Waals surface area contributed by atoms with Crippen LogP contribution in [0.25, 0.3) is 0 Å². The molecule has 32 N–H and O–H groups in total. The highest BCUT2D eigenvalue weighted by Crippen LogP contribution is 2.11. The number of aliphatic hydroxyl groups is 1. The van der Waals surface area contributed by atoms with E-state index < -0.39 is 120 Å². The zero-order valence-corrected chi connectivity index (χ0v) is 48.8. The molecule has 0 saturated carbocycles. The Bertz CT molecular complexity index is 2240. The van der Waals surface area contributed by atoms with E-state index in [1.165, 1.54) is 20.8 Å². The van der Waals surface area contributed by atoms with Gasteiger partial charge in [-0.15, -0.1) is 0 Å². The minimum absolute atomic E-state index is 0.00612. The van der Waals surface area contributed by atoms with Crippen molar-refractivity contribution in [1.29, 1.82) is 0 Å². The van der Waals surface area contributed by atoms with Crippen molar-refractivity contribution in [2.75, 3.05) is 39.3 Å². The Morgan fingerprint density at radius 3 is 0.905 bits per heavy atom. The van der Waals surface area contributed by atoms with Crippen LogP contribution in [0.4, 0.5) is 0 Å². The van der Waals surface area contributed by atoms with Crippen molar-refractivity contribution in [1.82, 2.24) is 47.9 Å². The van der Waals surface area contributed by atoms with Gasteiger partial charge in [-0.3, -0.25) is 67.9 Å². The molecule has 0 spiro atoms. The molecule has 35 heteroatoms. The zero-order valence-electron chi connectivity index (χ0n) is 48.8. The van der Waals surface area contributed by atoms with Crippen molar-refractivity contribution in [3.8, 4) is 0 Å². The second-order valence-corrected chi connectivity index (χ2v) is 19.8. The summed E-state index contributed by atoms with van der Waals surface area (Å²) < 4.78 is 0. The maximum atomic E-state index is 14.4. The summed E-state index contributed by atoms with van der Waals surface area (Å²) >= 11 is 0. The van der Waals surface area contributed by atoms with Gasteiger partial charge in [0.05, 0.1) is 6.10 Å². The number of rotatable bonds is 44. The fourth-order valence-electron chi connectivity index (χ4n) is 7.93. The smallest absolute Gasteiger partial charge is 0.243 e. The summed E-state index contributed by atoms with van der Waals surface area (Å²) in [6, 6.07) is -12.0. The van der Waals surface area contributed by atoms with E-state index in [4.69, 9.17) is 63.1 Å². The lowest BCUT2D eigenvalue weighted by Gasteiger charge is -2.28. The van der Waals surface area contributed by atoms with Gasteiger partial charge >= 0.3 is 0 Å². The van der Waals surface area contributed by atoms with Gasteiger partial charge in [0, 0.05) is 33.1 Å². The molecule has 0 saturated heterocycles. The van der Waals surface area contributed by atoms with Gasteiger partial charge in [0.2, 0.25) is 59.1 Å². The molecule has 0 unspecified atom stereocenters. The van der Waals surface area contributed by atoms with Gasteiger partial charge in [0.1, 0.15) is 54.4 Å². The quantitative estimate of drug-likeness (QED) is 0.0153. The van der Waals surface area contributed by atoms with Crippen molar-refractivity contribution in [3.63, 3.8) is 0 Å². The number of unbranched alkanes of at least 4 members (excludes halogenated alkanes) is 2. The van der Waals surface area contributed by atoms with Crippen LogP contribution in [0.1, 0.15) is 124 Å². The molecule has 0 aromatic heterocycles. The Morgan fingerprint density at radius 2 is 0.631 bits per heavy atom. The number of hydrogen-bond acceptors (Lipinski definition) is 17. The standard InChI is InChI=1S/C49H96N24O11/c1-5-29(67-41(80)33(17-11-23-62-47(55)56)68-38(77)26(2)65-40(79)30(66-28(4)75)16-10-22-61-46(53)54)39(78)69-34(18-12-24-63-48(57)58)44(83)71-31(14-6-8-20-50)42(81)70-32(15-7-9-21-51)43(82)72-35(19-13-25-64-49(59)60)45(84)73-36(27(3)74)37(52)76/h26-27,29-36,74H,5-25,50-51H2,1-4H3,(H2,52,76)(H,65,79)(H,66,75)(H,67,80)(H,68,77)(H,69,78)(H,70,81)(H,71,83)(H,72,82)(H,73,84)(H4,53,54,61)(H4,55,56,62)(H4,57,58,63)(H4,59,60,64)/t26-,27+,29-,30-,31-,32-,33-,34-,35-,36-/m0/s1. The summed E-state index contributed by atoms with van der Waals surface area (Å²) in [6.07, 6.45) is 0.595. The number of carbonyl (C=O) groups is 10. The minimum atomic E-state index is -1.53. The Kier molecular flexibility index (Phi) is 38.3. The first kappa shape index (κ1) is 75.7. The van der Waals surface area contributed by atoms with E-state index in [0.29, 0.717) is 32.1 Å². The number of aliphatic hydroxyl groups excluding tert-OH is 1. The number of aliphatic imine (C=N–C) groups is 4. The third kappa shape index (κ3) is 33.6. The summed E-state index contributed by atoms with van der Waals surface area (Å²) in [5, 5.41) is 33.3. The molecular weight excluding hydrogens is 1100 g/mol. The zero-order chi connectivity index (χ0) is 63.9. The van der Waals surface area contributed by atoms with Crippen molar-refractivity contribution in [2.24, 2.45) is 83.0 Å². The van der Waals surface area contributed by atoms with Gasteiger partial charge in [-0.2, -0.15) is 0 Å². The first-order chi connectivity index (χ1) is 39.6. The van der Waals surface area contributed by atoms with Crippen molar-refractivity contribution < 1.29 is 53.1 Å². The lowest BCUT2D eigenvalue weighted by Crippen LogP contribution is -2.60. The third-order valence-corrected chi connectivity index (χ3v) is 12.4. The van der Waals surface area contributed by atoms with Crippen LogP contribution in [0.3, 0.4) is 0 Å². The lowest BCUT2D eigenvalue weighted by atomic mass is 10.0. The molecule has 0 radical (unpaired) electrons. The molecule has 0 fully saturated rings. The van der Waals surface area contributed by atoms with E-state index in [1.54, 1.807) is 6.92 Å². The van der Waals surface area contributed by atoms with Gasteiger partial charge in [-0.05, 0) is 123 Å². The van der Waals surface area contributed by atoms with Crippen LogP contribution in [0, 0.1) is 0 Å². The Balaban J connectivity index is 6.91. The van der Waals surface area contributed by atoms with Crippen LogP contribution in [-0.4, -0.2) is 188 Å².